The highest BCUT2D eigenvalue weighted by Gasteiger charge is 2.32. The highest BCUT2D eigenvalue weighted by atomic mass is 32.2. The lowest BCUT2D eigenvalue weighted by Gasteiger charge is -2.23. The molecular formula is C17H22N2O6S. The molecule has 1 atom stereocenters. The Morgan fingerprint density at radius 2 is 2.04 bits per heavy atom. The third-order valence-corrected chi connectivity index (χ3v) is 5.93. The van der Waals surface area contributed by atoms with Crippen LogP contribution in [0.5, 0.6) is 0 Å². The van der Waals surface area contributed by atoms with Crippen molar-refractivity contribution >= 4 is 27.6 Å². The number of esters is 1. The maximum Gasteiger partial charge on any atom is 0.325 e. The summed E-state index contributed by atoms with van der Waals surface area (Å²) in [4.78, 5) is 36.9. The van der Waals surface area contributed by atoms with E-state index in [4.69, 9.17) is 4.74 Å². The Bertz CT molecular complexity index is 805. The number of carbonyl (C=O) groups is 3. The van der Waals surface area contributed by atoms with E-state index in [1.807, 2.05) is 13.0 Å². The Balaban J connectivity index is 1.74. The zero-order chi connectivity index (χ0) is 19.3. The molecule has 1 fully saturated rings. The van der Waals surface area contributed by atoms with E-state index in [0.717, 1.165) is 5.56 Å². The van der Waals surface area contributed by atoms with Crippen LogP contribution in [0.3, 0.4) is 0 Å². The predicted octanol–water partition coefficient (Wildman–Crippen LogP) is -0.0865. The fourth-order valence-electron chi connectivity index (χ4n) is 2.62. The van der Waals surface area contributed by atoms with Gasteiger partial charge in [-0.05, 0) is 25.5 Å². The number of aryl methyl sites for hydroxylation is 1. The largest absolute Gasteiger partial charge is 0.454 e. The normalized spacial score (nSPS) is 18.2. The molecule has 26 heavy (non-hydrogen) atoms. The van der Waals surface area contributed by atoms with Crippen molar-refractivity contribution in [2.75, 3.05) is 31.7 Å². The number of rotatable bonds is 6. The first-order valence-electron chi connectivity index (χ1n) is 8.14. The molecule has 1 aliphatic heterocycles. The van der Waals surface area contributed by atoms with Gasteiger partial charge in [0.25, 0.3) is 11.8 Å². The van der Waals surface area contributed by atoms with Crippen LogP contribution in [0.2, 0.25) is 0 Å². The quantitative estimate of drug-likeness (QED) is 0.689. The van der Waals surface area contributed by atoms with Crippen LogP contribution in [-0.2, 0) is 24.2 Å². The number of nitrogens with one attached hydrogen (secondary N) is 1. The number of carbonyl (C=O) groups excluding carboxylic acids is 3. The number of hydrogen-bond donors (Lipinski definition) is 1. The van der Waals surface area contributed by atoms with E-state index in [2.05, 4.69) is 5.32 Å². The second-order valence-electron chi connectivity index (χ2n) is 6.27. The molecule has 142 valence electrons. The van der Waals surface area contributed by atoms with Crippen LogP contribution in [0, 0.1) is 6.92 Å². The van der Waals surface area contributed by atoms with Crippen molar-refractivity contribution in [3.8, 4) is 0 Å². The summed E-state index contributed by atoms with van der Waals surface area (Å²) in [6, 6.07) is 6.51. The van der Waals surface area contributed by atoms with E-state index in [1.165, 1.54) is 11.9 Å². The van der Waals surface area contributed by atoms with Crippen LogP contribution in [0.1, 0.15) is 22.3 Å². The minimum absolute atomic E-state index is 0.0556. The van der Waals surface area contributed by atoms with Crippen molar-refractivity contribution in [1.82, 2.24) is 10.2 Å². The van der Waals surface area contributed by atoms with Gasteiger partial charge in [0, 0.05) is 18.7 Å². The zero-order valence-corrected chi connectivity index (χ0v) is 15.5. The predicted molar refractivity (Wildman–Crippen MR) is 94.3 cm³/mol. The van der Waals surface area contributed by atoms with Crippen molar-refractivity contribution in [2.45, 2.75) is 19.4 Å². The molecular weight excluding hydrogens is 360 g/mol. The average Bonchev–Trinajstić information content (AvgIpc) is 2.96. The number of ether oxygens (including phenoxy) is 1. The molecule has 1 heterocycles. The van der Waals surface area contributed by atoms with Gasteiger partial charge in [-0.25, -0.2) is 8.42 Å². The lowest BCUT2D eigenvalue weighted by molar-refractivity contribution is -0.151. The van der Waals surface area contributed by atoms with Gasteiger partial charge in [0.2, 0.25) is 0 Å². The molecule has 0 radical (unpaired) electrons. The van der Waals surface area contributed by atoms with Gasteiger partial charge in [-0.2, -0.15) is 0 Å². The maximum absolute atomic E-state index is 12.0. The summed E-state index contributed by atoms with van der Waals surface area (Å²) >= 11 is 0. The molecule has 1 N–H and O–H groups in total. The topological polar surface area (TPSA) is 110 Å². The number of likely N-dealkylation sites (N-methyl/N-ethyl adjacent to an activating group) is 1. The van der Waals surface area contributed by atoms with Gasteiger partial charge in [-0.3, -0.25) is 14.4 Å². The summed E-state index contributed by atoms with van der Waals surface area (Å²) in [5.74, 6) is -1.65. The smallest absolute Gasteiger partial charge is 0.325 e. The Labute approximate surface area is 152 Å². The Morgan fingerprint density at radius 1 is 1.31 bits per heavy atom. The SMILES string of the molecule is Cc1cccc(C(=O)NCC(=O)OCC(=O)N(C)[C@H]2CCS(=O)(=O)C2)c1. The minimum Gasteiger partial charge on any atom is -0.454 e. The molecule has 1 aromatic rings. The summed E-state index contributed by atoms with van der Waals surface area (Å²) in [5.41, 5.74) is 1.35. The van der Waals surface area contributed by atoms with Crippen LogP contribution < -0.4 is 5.32 Å². The summed E-state index contributed by atoms with van der Waals surface area (Å²) in [6.45, 7) is 0.997. The Morgan fingerprint density at radius 3 is 2.65 bits per heavy atom. The Hall–Kier alpha value is -2.42. The molecule has 0 spiro atoms. The highest BCUT2D eigenvalue weighted by molar-refractivity contribution is 7.91. The Kier molecular flexibility index (Phi) is 6.36. The van der Waals surface area contributed by atoms with E-state index in [0.29, 0.717) is 12.0 Å². The third-order valence-electron chi connectivity index (χ3n) is 4.18. The van der Waals surface area contributed by atoms with Gasteiger partial charge in [-0.15, -0.1) is 0 Å². The lowest BCUT2D eigenvalue weighted by atomic mass is 10.1. The summed E-state index contributed by atoms with van der Waals surface area (Å²) in [5, 5.41) is 2.43. The monoisotopic (exact) mass is 382 g/mol. The maximum atomic E-state index is 12.0. The van der Waals surface area contributed by atoms with Gasteiger partial charge in [0.05, 0.1) is 11.5 Å². The fraction of sp³-hybridized carbons (Fsp3) is 0.471. The summed E-state index contributed by atoms with van der Waals surface area (Å²) in [6.07, 6.45) is 0.380. The van der Waals surface area contributed by atoms with Gasteiger partial charge in [0.1, 0.15) is 6.54 Å². The van der Waals surface area contributed by atoms with E-state index in [9.17, 15) is 22.8 Å². The van der Waals surface area contributed by atoms with Gasteiger partial charge in [0.15, 0.2) is 16.4 Å². The molecule has 9 heteroatoms. The minimum atomic E-state index is -3.10. The number of sulfone groups is 1. The molecule has 1 aliphatic rings. The number of amides is 2. The molecule has 0 unspecified atom stereocenters. The van der Waals surface area contributed by atoms with Crippen molar-refractivity contribution in [1.29, 1.82) is 0 Å². The average molecular weight is 382 g/mol. The molecule has 0 saturated carbocycles. The third kappa shape index (κ3) is 5.55. The van der Waals surface area contributed by atoms with E-state index >= 15 is 0 Å². The molecule has 2 amide bonds. The molecule has 1 saturated heterocycles. The first kappa shape index (κ1) is 19.9. The lowest BCUT2D eigenvalue weighted by Crippen LogP contribution is -2.41. The van der Waals surface area contributed by atoms with Crippen LogP contribution in [0.25, 0.3) is 0 Å². The molecule has 0 aliphatic carbocycles. The highest BCUT2D eigenvalue weighted by Crippen LogP contribution is 2.16. The van der Waals surface area contributed by atoms with Crippen LogP contribution >= 0.6 is 0 Å². The molecule has 0 bridgehead atoms. The summed E-state index contributed by atoms with van der Waals surface area (Å²) < 4.78 is 27.8. The second kappa shape index (κ2) is 8.31. The molecule has 1 aromatic carbocycles. The second-order valence-corrected chi connectivity index (χ2v) is 8.50. The van der Waals surface area contributed by atoms with Crippen LogP contribution in [0.4, 0.5) is 0 Å². The standard InChI is InChI=1S/C17H22N2O6S/c1-12-4-3-5-13(8-12)17(22)18-9-16(21)25-10-15(20)19(2)14-6-7-26(23,24)11-14/h3-5,8,14H,6-7,9-11H2,1-2H3,(H,18,22)/t14-/m0/s1. The first-order chi connectivity index (χ1) is 12.2. The van der Waals surface area contributed by atoms with E-state index in [1.54, 1.807) is 18.2 Å². The summed E-state index contributed by atoms with van der Waals surface area (Å²) in [7, 11) is -1.61. The van der Waals surface area contributed by atoms with Crippen molar-refractivity contribution in [2.24, 2.45) is 0 Å². The van der Waals surface area contributed by atoms with Crippen molar-refractivity contribution < 1.29 is 27.5 Å². The van der Waals surface area contributed by atoms with Crippen LogP contribution in [0.15, 0.2) is 24.3 Å². The van der Waals surface area contributed by atoms with E-state index < -0.39 is 40.3 Å². The molecule has 8 nitrogen and oxygen atoms in total. The number of hydrogen-bond acceptors (Lipinski definition) is 6. The number of nitrogens with zero attached hydrogens (tertiary/aromatic N) is 1. The van der Waals surface area contributed by atoms with E-state index in [-0.39, 0.29) is 18.1 Å². The van der Waals surface area contributed by atoms with Crippen molar-refractivity contribution in [3.05, 3.63) is 35.4 Å². The zero-order valence-electron chi connectivity index (χ0n) is 14.7. The molecule has 0 aromatic heterocycles. The fourth-order valence-corrected chi connectivity index (χ4v) is 4.39. The van der Waals surface area contributed by atoms with Crippen LogP contribution in [-0.4, -0.2) is 68.8 Å². The van der Waals surface area contributed by atoms with Gasteiger partial charge >= 0.3 is 5.97 Å². The van der Waals surface area contributed by atoms with Gasteiger partial charge < -0.3 is 15.0 Å². The molecule has 2 rings (SSSR count). The first-order valence-corrected chi connectivity index (χ1v) is 9.96. The van der Waals surface area contributed by atoms with Gasteiger partial charge in [-0.1, -0.05) is 17.7 Å². The van der Waals surface area contributed by atoms with Crippen molar-refractivity contribution in [3.63, 3.8) is 0 Å². The number of benzene rings is 1.